The number of anilines is 1. The van der Waals surface area contributed by atoms with Crippen molar-refractivity contribution < 1.29 is 0 Å². The third-order valence-electron chi connectivity index (χ3n) is 2.62. The summed E-state index contributed by atoms with van der Waals surface area (Å²) in [5, 5.41) is 1.49. The second-order valence-electron chi connectivity index (χ2n) is 3.89. The maximum absolute atomic E-state index is 11.3. The Kier molecular flexibility index (Phi) is 2.92. The number of pyridine rings is 1. The Hall–Kier alpha value is -2.34. The zero-order valence-corrected chi connectivity index (χ0v) is 10.6. The Morgan fingerprint density at radius 2 is 2.00 bits per heavy atom. The summed E-state index contributed by atoms with van der Waals surface area (Å²) in [6, 6.07) is 8.89. The molecule has 2 heterocycles. The van der Waals surface area contributed by atoms with E-state index in [-0.39, 0.29) is 5.56 Å². The van der Waals surface area contributed by atoms with Gasteiger partial charge in [0.1, 0.15) is 0 Å². The summed E-state index contributed by atoms with van der Waals surface area (Å²) in [4.78, 5) is 23.3. The van der Waals surface area contributed by atoms with Crippen LogP contribution in [0.3, 0.4) is 0 Å². The number of benzene rings is 1. The van der Waals surface area contributed by atoms with E-state index in [2.05, 4.69) is 15.0 Å². The van der Waals surface area contributed by atoms with E-state index in [9.17, 15) is 4.79 Å². The summed E-state index contributed by atoms with van der Waals surface area (Å²) >= 11 is 1.38. The van der Waals surface area contributed by atoms with Gasteiger partial charge in [-0.3, -0.25) is 9.78 Å². The van der Waals surface area contributed by atoms with E-state index in [0.717, 1.165) is 15.8 Å². The number of hydrogen-bond donors (Lipinski definition) is 2. The normalized spacial score (nSPS) is 10.7. The average Bonchev–Trinajstić information content (AvgIpc) is 2.42. The lowest BCUT2D eigenvalue weighted by Gasteiger charge is -2.06. The molecule has 3 rings (SSSR count). The summed E-state index contributed by atoms with van der Waals surface area (Å²) in [6.45, 7) is 0. The van der Waals surface area contributed by atoms with Crippen LogP contribution in [-0.4, -0.2) is 15.0 Å². The summed E-state index contributed by atoms with van der Waals surface area (Å²) in [7, 11) is 0. The van der Waals surface area contributed by atoms with Gasteiger partial charge in [0.25, 0.3) is 5.56 Å². The molecule has 0 bridgehead atoms. The Morgan fingerprint density at radius 3 is 2.84 bits per heavy atom. The van der Waals surface area contributed by atoms with Crippen molar-refractivity contribution in [1.82, 2.24) is 15.0 Å². The van der Waals surface area contributed by atoms with Gasteiger partial charge in [0.15, 0.2) is 5.16 Å². The van der Waals surface area contributed by atoms with E-state index < -0.39 is 0 Å². The molecule has 2 aromatic heterocycles. The molecule has 0 aliphatic carbocycles. The number of nitrogen functional groups attached to an aromatic ring is 1. The first-order chi connectivity index (χ1) is 9.24. The molecule has 0 fully saturated rings. The molecule has 1 aromatic carbocycles. The highest BCUT2D eigenvalue weighted by Gasteiger charge is 2.07. The van der Waals surface area contributed by atoms with Crippen LogP contribution in [0, 0.1) is 0 Å². The zero-order valence-electron chi connectivity index (χ0n) is 9.83. The number of H-pyrrole nitrogens is 1. The number of hydrogen-bond acceptors (Lipinski definition) is 5. The van der Waals surface area contributed by atoms with Crippen LogP contribution in [0.4, 0.5) is 5.69 Å². The minimum atomic E-state index is -0.171. The van der Waals surface area contributed by atoms with Gasteiger partial charge < -0.3 is 10.7 Å². The Balaban J connectivity index is 2.11. The fourth-order valence-corrected chi connectivity index (χ4v) is 2.65. The summed E-state index contributed by atoms with van der Waals surface area (Å²) < 4.78 is 0. The first kappa shape index (κ1) is 11.7. The van der Waals surface area contributed by atoms with Gasteiger partial charge in [-0.15, -0.1) is 0 Å². The predicted octanol–water partition coefficient (Wildman–Crippen LogP) is 2.05. The molecule has 3 aromatic rings. The molecular weight excluding hydrogens is 260 g/mol. The van der Waals surface area contributed by atoms with Crippen LogP contribution in [0.1, 0.15) is 0 Å². The molecule has 6 heteroatoms. The lowest BCUT2D eigenvalue weighted by molar-refractivity contribution is 0.937. The highest BCUT2D eigenvalue weighted by molar-refractivity contribution is 7.99. The predicted molar refractivity (Wildman–Crippen MR) is 75.1 cm³/mol. The highest BCUT2D eigenvalue weighted by atomic mass is 32.2. The maximum Gasteiger partial charge on any atom is 0.251 e. The topological polar surface area (TPSA) is 84.7 Å². The van der Waals surface area contributed by atoms with Crippen molar-refractivity contribution in [3.05, 3.63) is 53.1 Å². The molecule has 0 aliphatic rings. The molecule has 94 valence electrons. The molecule has 0 atom stereocenters. The zero-order chi connectivity index (χ0) is 13.2. The van der Waals surface area contributed by atoms with Crippen molar-refractivity contribution in [2.45, 2.75) is 10.1 Å². The van der Waals surface area contributed by atoms with E-state index in [1.807, 2.05) is 18.2 Å². The van der Waals surface area contributed by atoms with Gasteiger partial charge >= 0.3 is 0 Å². The molecule has 3 N–H and O–H groups in total. The number of nitrogens with zero attached hydrogens (tertiary/aromatic N) is 2. The molecule has 0 radical (unpaired) electrons. The Bertz CT molecular complexity index is 800. The van der Waals surface area contributed by atoms with Gasteiger partial charge in [0.05, 0.1) is 11.2 Å². The molecule has 19 heavy (non-hydrogen) atoms. The fraction of sp³-hybridized carbons (Fsp3) is 0. The molecule has 0 aliphatic heterocycles. The second kappa shape index (κ2) is 4.74. The molecule has 0 spiro atoms. The van der Waals surface area contributed by atoms with E-state index >= 15 is 0 Å². The average molecular weight is 270 g/mol. The van der Waals surface area contributed by atoms with Crippen LogP contribution in [0.15, 0.2) is 57.6 Å². The van der Waals surface area contributed by atoms with Crippen molar-refractivity contribution in [1.29, 1.82) is 0 Å². The van der Waals surface area contributed by atoms with Gasteiger partial charge in [-0.1, -0.05) is 17.8 Å². The molecule has 5 nitrogen and oxygen atoms in total. The Labute approximate surface area is 112 Å². The molecule has 0 amide bonds. The Morgan fingerprint density at radius 1 is 1.11 bits per heavy atom. The van der Waals surface area contributed by atoms with Gasteiger partial charge in [-0.05, 0) is 18.2 Å². The number of aromatic amines is 1. The minimum Gasteiger partial charge on any atom is -0.397 e. The monoisotopic (exact) mass is 270 g/mol. The first-order valence-electron chi connectivity index (χ1n) is 5.60. The molecular formula is C13H10N4OS. The van der Waals surface area contributed by atoms with E-state index in [1.54, 1.807) is 12.3 Å². The summed E-state index contributed by atoms with van der Waals surface area (Å²) in [5.74, 6) is 0. The quantitative estimate of drug-likeness (QED) is 0.550. The van der Waals surface area contributed by atoms with Gasteiger partial charge in [-0.25, -0.2) is 4.98 Å². The number of aromatic nitrogens is 3. The lowest BCUT2D eigenvalue weighted by Crippen LogP contribution is -2.05. The van der Waals surface area contributed by atoms with E-state index in [0.29, 0.717) is 10.8 Å². The number of fused-ring (bicyclic) bond motifs is 1. The standard InChI is InChI=1S/C13H10N4OS/c14-9-3-4-10(8-2-1-6-15-12(8)9)19-13-16-7-5-11(18)17-13/h1-7H,14H2,(H,16,17,18). The molecule has 0 saturated carbocycles. The van der Waals surface area contributed by atoms with E-state index in [4.69, 9.17) is 5.73 Å². The third-order valence-corrected chi connectivity index (χ3v) is 3.59. The maximum atomic E-state index is 11.3. The van der Waals surface area contributed by atoms with Crippen molar-refractivity contribution in [2.75, 3.05) is 5.73 Å². The largest absolute Gasteiger partial charge is 0.397 e. The lowest BCUT2D eigenvalue weighted by atomic mass is 10.2. The summed E-state index contributed by atoms with van der Waals surface area (Å²) in [5.41, 5.74) is 7.12. The van der Waals surface area contributed by atoms with Gasteiger partial charge in [0.2, 0.25) is 0 Å². The summed E-state index contributed by atoms with van der Waals surface area (Å²) in [6.07, 6.45) is 3.19. The number of nitrogens with two attached hydrogens (primary N) is 1. The first-order valence-corrected chi connectivity index (χ1v) is 6.42. The van der Waals surface area contributed by atoms with Crippen molar-refractivity contribution in [2.24, 2.45) is 0 Å². The highest BCUT2D eigenvalue weighted by Crippen LogP contribution is 2.32. The van der Waals surface area contributed by atoms with Gasteiger partial charge in [0, 0.05) is 28.7 Å². The van der Waals surface area contributed by atoms with Crippen LogP contribution in [0.25, 0.3) is 10.9 Å². The SMILES string of the molecule is Nc1ccc(Sc2nccc(=O)[nH]2)c2cccnc12. The number of nitrogens with one attached hydrogen (secondary N) is 1. The third kappa shape index (κ3) is 2.30. The van der Waals surface area contributed by atoms with Crippen LogP contribution in [0.5, 0.6) is 0 Å². The minimum absolute atomic E-state index is 0.171. The van der Waals surface area contributed by atoms with Crippen LogP contribution >= 0.6 is 11.8 Å². The van der Waals surface area contributed by atoms with Crippen molar-refractivity contribution >= 4 is 28.4 Å². The number of rotatable bonds is 2. The van der Waals surface area contributed by atoms with Gasteiger partial charge in [-0.2, -0.15) is 0 Å². The molecule has 0 unspecified atom stereocenters. The molecule has 0 saturated heterocycles. The van der Waals surface area contributed by atoms with Crippen molar-refractivity contribution in [3.8, 4) is 0 Å². The van der Waals surface area contributed by atoms with Crippen molar-refractivity contribution in [3.63, 3.8) is 0 Å². The second-order valence-corrected chi connectivity index (χ2v) is 4.92. The van der Waals surface area contributed by atoms with Crippen LogP contribution in [0.2, 0.25) is 0 Å². The smallest absolute Gasteiger partial charge is 0.251 e. The van der Waals surface area contributed by atoms with E-state index in [1.165, 1.54) is 24.0 Å². The van der Waals surface area contributed by atoms with Crippen LogP contribution < -0.4 is 11.3 Å². The fourth-order valence-electron chi connectivity index (χ4n) is 1.77. The van der Waals surface area contributed by atoms with Crippen LogP contribution in [-0.2, 0) is 0 Å².